The molecule has 1 N–H and O–H groups in total. The van der Waals surface area contributed by atoms with Crippen LogP contribution in [-0.4, -0.2) is 24.3 Å². The first kappa shape index (κ1) is 12.5. The molecular formula is C5H9KO3. The largest absolute Gasteiger partial charge is 1.00 e. The molecule has 0 heterocycles. The number of hydrogen-bond acceptors (Lipinski definition) is 3. The molecule has 0 radical (unpaired) electrons. The molecule has 0 saturated heterocycles. The predicted octanol–water partition coefficient (Wildman–Crippen LogP) is -3.18. The van der Waals surface area contributed by atoms with Crippen molar-refractivity contribution in [3.8, 4) is 0 Å². The Kier molecular flexibility index (Phi) is 12.2. The maximum absolute atomic E-state index is 10.1. The van der Waals surface area contributed by atoms with Crippen LogP contribution in [0.5, 0.6) is 0 Å². The number of hydrogen-bond donors (Lipinski definition) is 1. The van der Waals surface area contributed by atoms with Gasteiger partial charge >= 0.3 is 57.4 Å². The van der Waals surface area contributed by atoms with Crippen molar-refractivity contribution in [2.45, 2.75) is 0 Å². The monoisotopic (exact) mass is 156 g/mol. The second-order valence-corrected chi connectivity index (χ2v) is 1.10. The molecule has 0 aliphatic carbocycles. The second-order valence-electron chi connectivity index (χ2n) is 1.10. The SMILES string of the molecule is C=CC(=O)OCCO.[H-].[K+]. The van der Waals surface area contributed by atoms with Gasteiger partial charge in [-0.15, -0.1) is 0 Å². The Labute approximate surface area is 98.0 Å². The molecule has 0 aromatic rings. The molecule has 0 aliphatic heterocycles. The Hall–Kier alpha value is 0.806. The average Bonchev–Trinajstić information content (AvgIpc) is 1.83. The topological polar surface area (TPSA) is 46.5 Å². The molecule has 9 heavy (non-hydrogen) atoms. The van der Waals surface area contributed by atoms with Crippen molar-refractivity contribution in [1.29, 1.82) is 0 Å². The molecule has 0 amide bonds. The Morgan fingerprint density at radius 3 is 2.78 bits per heavy atom. The molecule has 0 unspecified atom stereocenters. The quantitative estimate of drug-likeness (QED) is 0.266. The summed E-state index contributed by atoms with van der Waals surface area (Å²) in [5.41, 5.74) is 0. The van der Waals surface area contributed by atoms with Gasteiger partial charge < -0.3 is 11.3 Å². The third kappa shape index (κ3) is 8.81. The zero-order chi connectivity index (χ0) is 6.41. The van der Waals surface area contributed by atoms with Gasteiger partial charge in [0.1, 0.15) is 6.61 Å². The molecule has 0 rings (SSSR count). The van der Waals surface area contributed by atoms with E-state index in [1.807, 2.05) is 0 Å². The fourth-order valence-electron chi connectivity index (χ4n) is 0.205. The minimum Gasteiger partial charge on any atom is -1.00 e. The number of rotatable bonds is 3. The zero-order valence-corrected chi connectivity index (χ0v) is 8.59. The summed E-state index contributed by atoms with van der Waals surface area (Å²) >= 11 is 0. The molecular weight excluding hydrogens is 147 g/mol. The van der Waals surface area contributed by atoms with E-state index in [1.165, 1.54) is 0 Å². The van der Waals surface area contributed by atoms with Crippen LogP contribution in [0, 0.1) is 0 Å². The minimum absolute atomic E-state index is 0. The van der Waals surface area contributed by atoms with Gasteiger partial charge in [0.05, 0.1) is 6.61 Å². The van der Waals surface area contributed by atoms with Gasteiger partial charge in [-0.05, 0) is 0 Å². The van der Waals surface area contributed by atoms with Crippen molar-refractivity contribution >= 4 is 5.97 Å². The number of esters is 1. The molecule has 0 bridgehead atoms. The van der Waals surface area contributed by atoms with Gasteiger partial charge in [0.25, 0.3) is 0 Å². The van der Waals surface area contributed by atoms with Crippen molar-refractivity contribution in [3.63, 3.8) is 0 Å². The van der Waals surface area contributed by atoms with Crippen LogP contribution in [0.15, 0.2) is 12.7 Å². The Morgan fingerprint density at radius 1 is 1.89 bits per heavy atom. The van der Waals surface area contributed by atoms with Gasteiger partial charge in [-0.2, -0.15) is 0 Å². The fraction of sp³-hybridized carbons (Fsp3) is 0.400. The van der Waals surface area contributed by atoms with Crippen LogP contribution in [0.1, 0.15) is 1.43 Å². The average molecular weight is 156 g/mol. The van der Waals surface area contributed by atoms with Crippen LogP contribution in [0.2, 0.25) is 0 Å². The Balaban J connectivity index is -0.000000245. The molecule has 48 valence electrons. The van der Waals surface area contributed by atoms with E-state index in [0.29, 0.717) is 0 Å². The van der Waals surface area contributed by atoms with Crippen LogP contribution < -0.4 is 51.4 Å². The molecule has 0 fully saturated rings. The van der Waals surface area contributed by atoms with Crippen molar-refractivity contribution in [2.24, 2.45) is 0 Å². The van der Waals surface area contributed by atoms with Crippen LogP contribution in [0.25, 0.3) is 0 Å². The summed E-state index contributed by atoms with van der Waals surface area (Å²) in [4.78, 5) is 10.1. The summed E-state index contributed by atoms with van der Waals surface area (Å²) in [6.45, 7) is 3.06. The number of ether oxygens (including phenoxy) is 1. The van der Waals surface area contributed by atoms with Crippen LogP contribution in [-0.2, 0) is 9.53 Å². The maximum Gasteiger partial charge on any atom is 1.00 e. The third-order valence-electron chi connectivity index (χ3n) is 0.502. The first-order valence-electron chi connectivity index (χ1n) is 2.21. The van der Waals surface area contributed by atoms with Gasteiger partial charge in [-0.1, -0.05) is 6.58 Å². The molecule has 3 nitrogen and oxygen atoms in total. The minimum atomic E-state index is -0.501. The number of aliphatic hydroxyl groups excluding tert-OH is 1. The second kappa shape index (κ2) is 8.81. The summed E-state index contributed by atoms with van der Waals surface area (Å²) in [5.74, 6) is -0.501. The summed E-state index contributed by atoms with van der Waals surface area (Å²) in [5, 5.41) is 8.10. The van der Waals surface area contributed by atoms with Crippen molar-refractivity contribution in [3.05, 3.63) is 12.7 Å². The first-order valence-corrected chi connectivity index (χ1v) is 2.21. The van der Waals surface area contributed by atoms with E-state index in [9.17, 15) is 4.79 Å². The molecule has 0 saturated carbocycles. The van der Waals surface area contributed by atoms with Crippen LogP contribution >= 0.6 is 0 Å². The van der Waals surface area contributed by atoms with Gasteiger partial charge in [0.2, 0.25) is 0 Å². The third-order valence-corrected chi connectivity index (χ3v) is 0.502. The fourth-order valence-corrected chi connectivity index (χ4v) is 0.205. The molecule has 0 aliphatic rings. The molecule has 0 atom stereocenters. The van der Waals surface area contributed by atoms with E-state index in [2.05, 4.69) is 11.3 Å². The standard InChI is InChI=1S/C5H8O3.K.H/c1-2-5(7)8-4-3-6;;/h2,6H,1,3-4H2;;/q;+1;-1. The van der Waals surface area contributed by atoms with E-state index < -0.39 is 5.97 Å². The maximum atomic E-state index is 10.1. The van der Waals surface area contributed by atoms with Crippen molar-refractivity contribution in [2.75, 3.05) is 13.2 Å². The van der Waals surface area contributed by atoms with Gasteiger partial charge in [0.15, 0.2) is 0 Å². The zero-order valence-electron chi connectivity index (χ0n) is 6.46. The summed E-state index contributed by atoms with van der Waals surface area (Å²) in [6, 6.07) is 0. The van der Waals surface area contributed by atoms with Crippen LogP contribution in [0.4, 0.5) is 0 Å². The van der Waals surface area contributed by atoms with Crippen molar-refractivity contribution < 1.29 is 67.4 Å². The number of aliphatic hydroxyl groups is 1. The van der Waals surface area contributed by atoms with E-state index >= 15 is 0 Å². The Morgan fingerprint density at radius 2 is 2.44 bits per heavy atom. The predicted molar refractivity (Wildman–Crippen MR) is 29.4 cm³/mol. The summed E-state index contributed by atoms with van der Waals surface area (Å²) in [7, 11) is 0. The molecule has 4 heteroatoms. The normalized spacial score (nSPS) is 7.22. The number of carbonyl (C=O) groups is 1. The Bertz CT molecular complexity index is 96.9. The van der Waals surface area contributed by atoms with E-state index in [-0.39, 0.29) is 66.0 Å². The summed E-state index contributed by atoms with van der Waals surface area (Å²) < 4.78 is 4.33. The van der Waals surface area contributed by atoms with E-state index in [1.54, 1.807) is 0 Å². The van der Waals surface area contributed by atoms with E-state index in [4.69, 9.17) is 5.11 Å². The molecule has 0 aromatic heterocycles. The smallest absolute Gasteiger partial charge is 1.00 e. The van der Waals surface area contributed by atoms with E-state index in [0.717, 1.165) is 6.08 Å². The van der Waals surface area contributed by atoms with Gasteiger partial charge in [0, 0.05) is 6.08 Å². The number of carbonyl (C=O) groups excluding carboxylic acids is 1. The van der Waals surface area contributed by atoms with Gasteiger partial charge in [-0.3, -0.25) is 0 Å². The van der Waals surface area contributed by atoms with Crippen LogP contribution in [0.3, 0.4) is 0 Å². The summed E-state index contributed by atoms with van der Waals surface area (Å²) in [6.07, 6.45) is 1.05. The molecule has 0 aromatic carbocycles. The van der Waals surface area contributed by atoms with Gasteiger partial charge in [-0.25, -0.2) is 4.79 Å². The molecule has 0 spiro atoms. The first-order chi connectivity index (χ1) is 3.81. The van der Waals surface area contributed by atoms with Crippen molar-refractivity contribution in [1.82, 2.24) is 0 Å².